The number of aliphatic carboxylic acids is 1. The fourth-order valence-electron chi connectivity index (χ4n) is 2.64. The third-order valence-electron chi connectivity index (χ3n) is 3.53. The van der Waals surface area contributed by atoms with Crippen molar-refractivity contribution in [1.82, 2.24) is 4.90 Å². The molecular weight excluding hydrogens is 242 g/mol. The van der Waals surface area contributed by atoms with Crippen molar-refractivity contribution in [2.24, 2.45) is 5.92 Å². The molecule has 0 aliphatic carbocycles. The van der Waals surface area contributed by atoms with Crippen molar-refractivity contribution in [3.8, 4) is 0 Å². The van der Waals surface area contributed by atoms with E-state index in [1.54, 1.807) is 4.90 Å². The first-order valence-electron chi connectivity index (χ1n) is 6.58. The van der Waals surface area contributed by atoms with Crippen LogP contribution in [0, 0.1) is 19.8 Å². The number of carboxylic acids is 1. The highest BCUT2D eigenvalue weighted by Crippen LogP contribution is 2.19. The minimum atomic E-state index is -0.807. The van der Waals surface area contributed by atoms with Crippen LogP contribution < -0.4 is 0 Å². The van der Waals surface area contributed by atoms with Crippen LogP contribution in [0.3, 0.4) is 0 Å². The molecule has 0 unspecified atom stereocenters. The molecule has 0 saturated carbocycles. The number of carbonyl (C=O) groups is 2. The second-order valence-electron chi connectivity index (χ2n) is 5.30. The smallest absolute Gasteiger partial charge is 0.308 e. The van der Waals surface area contributed by atoms with Crippen LogP contribution in [-0.2, 0) is 4.79 Å². The summed E-state index contributed by atoms with van der Waals surface area (Å²) in [6.07, 6.45) is 1.42. The molecule has 102 valence electrons. The lowest BCUT2D eigenvalue weighted by Gasteiger charge is -2.30. The van der Waals surface area contributed by atoms with Gasteiger partial charge >= 0.3 is 5.97 Å². The topological polar surface area (TPSA) is 57.6 Å². The van der Waals surface area contributed by atoms with Gasteiger partial charge in [0.1, 0.15) is 0 Å². The Balaban J connectivity index is 2.16. The zero-order chi connectivity index (χ0) is 14.0. The Labute approximate surface area is 113 Å². The van der Waals surface area contributed by atoms with Gasteiger partial charge in [-0.25, -0.2) is 0 Å². The number of piperidine rings is 1. The van der Waals surface area contributed by atoms with Gasteiger partial charge in [0.25, 0.3) is 5.91 Å². The number of carboxylic acid groups (broad SMARTS) is 1. The predicted octanol–water partition coefficient (Wildman–Crippen LogP) is 2.24. The molecule has 2 rings (SSSR count). The van der Waals surface area contributed by atoms with Crippen LogP contribution in [0.25, 0.3) is 0 Å². The molecule has 0 radical (unpaired) electrons. The van der Waals surface area contributed by atoms with Crippen molar-refractivity contribution >= 4 is 11.9 Å². The first-order valence-corrected chi connectivity index (χ1v) is 6.58. The Morgan fingerprint density at radius 1 is 1.21 bits per heavy atom. The molecule has 1 aliphatic heterocycles. The number of benzene rings is 1. The van der Waals surface area contributed by atoms with Crippen LogP contribution in [0.1, 0.15) is 34.3 Å². The number of rotatable bonds is 2. The molecular formula is C15H19NO3. The number of amides is 1. The molecule has 4 nitrogen and oxygen atoms in total. The predicted molar refractivity (Wildman–Crippen MR) is 72.2 cm³/mol. The molecule has 0 bridgehead atoms. The molecule has 1 N–H and O–H groups in total. The van der Waals surface area contributed by atoms with E-state index in [1.165, 1.54) is 0 Å². The average molecular weight is 261 g/mol. The van der Waals surface area contributed by atoms with E-state index in [4.69, 9.17) is 5.11 Å². The maximum absolute atomic E-state index is 12.4. The zero-order valence-electron chi connectivity index (χ0n) is 11.3. The molecule has 0 aromatic heterocycles. The summed E-state index contributed by atoms with van der Waals surface area (Å²) < 4.78 is 0. The maximum Gasteiger partial charge on any atom is 0.308 e. The van der Waals surface area contributed by atoms with E-state index in [1.807, 2.05) is 32.0 Å². The number of nitrogens with zero attached hydrogens (tertiary/aromatic N) is 1. The third kappa shape index (κ3) is 3.13. The standard InChI is InChI=1S/C15H19NO3/c1-10-6-11(2)8-13(7-10)14(17)16-5-3-4-12(9-16)15(18)19/h6-8,12H,3-5,9H2,1-2H3,(H,18,19)/t12-/m1/s1. The molecule has 1 aromatic rings. The van der Waals surface area contributed by atoms with Crippen molar-refractivity contribution < 1.29 is 14.7 Å². The molecule has 1 aliphatic rings. The van der Waals surface area contributed by atoms with Gasteiger partial charge in [0.05, 0.1) is 5.92 Å². The summed E-state index contributed by atoms with van der Waals surface area (Å²) >= 11 is 0. The Bertz CT molecular complexity index is 490. The second kappa shape index (κ2) is 5.43. The van der Waals surface area contributed by atoms with Crippen molar-refractivity contribution in [3.63, 3.8) is 0 Å². The van der Waals surface area contributed by atoms with E-state index in [9.17, 15) is 9.59 Å². The van der Waals surface area contributed by atoms with Gasteiger partial charge in [-0.3, -0.25) is 9.59 Å². The zero-order valence-corrected chi connectivity index (χ0v) is 11.3. The van der Waals surface area contributed by atoms with Gasteiger partial charge in [-0.15, -0.1) is 0 Å². The Morgan fingerprint density at radius 3 is 2.42 bits per heavy atom. The van der Waals surface area contributed by atoms with Crippen LogP contribution >= 0.6 is 0 Å². The van der Waals surface area contributed by atoms with E-state index in [0.717, 1.165) is 17.5 Å². The lowest BCUT2D eigenvalue weighted by Crippen LogP contribution is -2.42. The third-order valence-corrected chi connectivity index (χ3v) is 3.53. The Hall–Kier alpha value is -1.84. The molecule has 1 atom stereocenters. The van der Waals surface area contributed by atoms with E-state index in [2.05, 4.69) is 0 Å². The van der Waals surface area contributed by atoms with Crippen LogP contribution in [0.2, 0.25) is 0 Å². The molecule has 1 amide bonds. The Kier molecular flexibility index (Phi) is 3.88. The van der Waals surface area contributed by atoms with Crippen molar-refractivity contribution in [1.29, 1.82) is 0 Å². The molecule has 4 heteroatoms. The van der Waals surface area contributed by atoms with Gasteiger partial charge in [-0.1, -0.05) is 17.2 Å². The van der Waals surface area contributed by atoms with Crippen LogP contribution in [0.5, 0.6) is 0 Å². The van der Waals surface area contributed by atoms with Crippen LogP contribution in [0.15, 0.2) is 18.2 Å². The molecule has 1 saturated heterocycles. The SMILES string of the molecule is Cc1cc(C)cc(C(=O)N2CCC[C@@H](C(=O)O)C2)c1. The number of hydrogen-bond donors (Lipinski definition) is 1. The number of hydrogen-bond acceptors (Lipinski definition) is 2. The fraction of sp³-hybridized carbons (Fsp3) is 0.467. The minimum absolute atomic E-state index is 0.0576. The lowest BCUT2D eigenvalue weighted by atomic mass is 9.97. The normalized spacial score (nSPS) is 19.3. The van der Waals surface area contributed by atoms with Gasteiger partial charge in [-0.2, -0.15) is 0 Å². The van der Waals surface area contributed by atoms with Crippen molar-refractivity contribution in [2.75, 3.05) is 13.1 Å². The van der Waals surface area contributed by atoms with E-state index >= 15 is 0 Å². The van der Waals surface area contributed by atoms with Crippen LogP contribution in [0.4, 0.5) is 0 Å². The number of aryl methyl sites for hydroxylation is 2. The van der Waals surface area contributed by atoms with E-state index in [-0.39, 0.29) is 5.91 Å². The monoisotopic (exact) mass is 261 g/mol. The van der Waals surface area contributed by atoms with Crippen molar-refractivity contribution in [2.45, 2.75) is 26.7 Å². The Morgan fingerprint density at radius 2 is 1.84 bits per heavy atom. The van der Waals surface area contributed by atoms with Gasteiger partial charge in [0.15, 0.2) is 0 Å². The highest BCUT2D eigenvalue weighted by molar-refractivity contribution is 5.95. The van der Waals surface area contributed by atoms with Gasteiger partial charge in [0.2, 0.25) is 0 Å². The highest BCUT2D eigenvalue weighted by Gasteiger charge is 2.28. The summed E-state index contributed by atoms with van der Waals surface area (Å²) in [5.74, 6) is -1.29. The van der Waals surface area contributed by atoms with Gasteiger partial charge in [0, 0.05) is 18.7 Å². The molecule has 1 aromatic carbocycles. The number of likely N-dealkylation sites (tertiary alicyclic amines) is 1. The van der Waals surface area contributed by atoms with E-state index < -0.39 is 11.9 Å². The molecule has 0 spiro atoms. The van der Waals surface area contributed by atoms with Gasteiger partial charge in [-0.05, 0) is 38.8 Å². The highest BCUT2D eigenvalue weighted by atomic mass is 16.4. The summed E-state index contributed by atoms with van der Waals surface area (Å²) in [6.45, 7) is 4.89. The van der Waals surface area contributed by atoms with Gasteiger partial charge < -0.3 is 10.0 Å². The first kappa shape index (κ1) is 13.6. The minimum Gasteiger partial charge on any atom is -0.481 e. The summed E-state index contributed by atoms with van der Waals surface area (Å²) in [5.41, 5.74) is 2.76. The summed E-state index contributed by atoms with van der Waals surface area (Å²) in [5, 5.41) is 9.06. The lowest BCUT2D eigenvalue weighted by molar-refractivity contribution is -0.143. The average Bonchev–Trinajstić information content (AvgIpc) is 2.37. The second-order valence-corrected chi connectivity index (χ2v) is 5.30. The molecule has 19 heavy (non-hydrogen) atoms. The summed E-state index contributed by atoms with van der Waals surface area (Å²) in [6, 6.07) is 5.74. The molecule has 1 fully saturated rings. The van der Waals surface area contributed by atoms with Crippen LogP contribution in [-0.4, -0.2) is 35.0 Å². The fourth-order valence-corrected chi connectivity index (χ4v) is 2.64. The first-order chi connectivity index (χ1) is 8.97. The maximum atomic E-state index is 12.4. The number of carbonyl (C=O) groups excluding carboxylic acids is 1. The van der Waals surface area contributed by atoms with Crippen molar-refractivity contribution in [3.05, 3.63) is 34.9 Å². The van der Waals surface area contributed by atoms with E-state index in [0.29, 0.717) is 25.1 Å². The molecule has 1 heterocycles. The largest absolute Gasteiger partial charge is 0.481 e. The summed E-state index contributed by atoms with van der Waals surface area (Å²) in [4.78, 5) is 25.1. The quantitative estimate of drug-likeness (QED) is 0.888. The summed E-state index contributed by atoms with van der Waals surface area (Å²) in [7, 11) is 0.